The maximum absolute atomic E-state index is 12.4. The van der Waals surface area contributed by atoms with Gasteiger partial charge in [-0.2, -0.15) is 0 Å². The maximum Gasteiger partial charge on any atom is 0.241 e. The van der Waals surface area contributed by atoms with Crippen LogP contribution in [-0.2, 0) is 10.0 Å². The van der Waals surface area contributed by atoms with Crippen LogP contribution in [0.15, 0.2) is 23.2 Å². The summed E-state index contributed by atoms with van der Waals surface area (Å²) in [6, 6.07) is 3.02. The molecule has 1 rings (SSSR count). The molecule has 0 aliphatic rings. The predicted molar refractivity (Wildman–Crippen MR) is 82.3 cm³/mol. The molecule has 2 N–H and O–H groups in total. The van der Waals surface area contributed by atoms with Crippen LogP contribution in [0.5, 0.6) is 0 Å². The van der Waals surface area contributed by atoms with Crippen molar-refractivity contribution in [3.8, 4) is 0 Å². The van der Waals surface area contributed by atoms with E-state index in [-0.39, 0.29) is 10.3 Å². The molecular weight excluding hydrogens is 274 g/mol. The minimum Gasteiger partial charge on any atom is -0.373 e. The van der Waals surface area contributed by atoms with Crippen molar-refractivity contribution in [1.29, 1.82) is 0 Å². The maximum atomic E-state index is 12.4. The van der Waals surface area contributed by atoms with Crippen molar-refractivity contribution in [3.63, 3.8) is 0 Å². The second kappa shape index (κ2) is 5.69. The van der Waals surface area contributed by atoms with E-state index >= 15 is 0 Å². The van der Waals surface area contributed by atoms with Gasteiger partial charge in [0.25, 0.3) is 0 Å². The fourth-order valence-electron chi connectivity index (χ4n) is 2.50. The second-order valence-corrected chi connectivity index (χ2v) is 8.54. The lowest BCUT2D eigenvalue weighted by molar-refractivity contribution is 0.269. The quantitative estimate of drug-likeness (QED) is 0.876. The summed E-state index contributed by atoms with van der Waals surface area (Å²) in [7, 11) is -1.85. The smallest absolute Gasteiger partial charge is 0.241 e. The molecule has 1 aromatic rings. The van der Waals surface area contributed by atoms with Crippen molar-refractivity contribution in [3.05, 3.63) is 18.3 Å². The number of aromatic nitrogens is 1. The Labute approximate surface area is 122 Å². The van der Waals surface area contributed by atoms with Crippen LogP contribution in [0, 0.1) is 5.41 Å². The molecule has 114 valence electrons. The SMILES string of the molecule is CNc1cc(S(=O)(=O)NC(C)(C)CC(C)(C)C)ccn1. The first-order valence-electron chi connectivity index (χ1n) is 6.63. The summed E-state index contributed by atoms with van der Waals surface area (Å²) in [5, 5.41) is 2.84. The highest BCUT2D eigenvalue weighted by Crippen LogP contribution is 2.28. The number of anilines is 1. The highest BCUT2D eigenvalue weighted by Gasteiger charge is 2.30. The topological polar surface area (TPSA) is 71.1 Å². The summed E-state index contributed by atoms with van der Waals surface area (Å²) in [4.78, 5) is 4.25. The molecule has 20 heavy (non-hydrogen) atoms. The molecular formula is C14H25N3O2S. The van der Waals surface area contributed by atoms with Gasteiger partial charge in [0, 0.05) is 24.8 Å². The molecule has 0 saturated heterocycles. The molecule has 0 aliphatic carbocycles. The number of hydrogen-bond acceptors (Lipinski definition) is 4. The summed E-state index contributed by atoms with van der Waals surface area (Å²) in [6.07, 6.45) is 2.22. The molecule has 0 aromatic carbocycles. The van der Waals surface area contributed by atoms with Crippen molar-refractivity contribution in [1.82, 2.24) is 9.71 Å². The lowest BCUT2D eigenvalue weighted by Gasteiger charge is -2.33. The van der Waals surface area contributed by atoms with Crippen LogP contribution in [0.25, 0.3) is 0 Å². The highest BCUT2D eigenvalue weighted by molar-refractivity contribution is 7.89. The Morgan fingerprint density at radius 1 is 1.20 bits per heavy atom. The Morgan fingerprint density at radius 3 is 2.30 bits per heavy atom. The Balaban J connectivity index is 2.99. The van der Waals surface area contributed by atoms with Gasteiger partial charge in [0.1, 0.15) is 5.82 Å². The molecule has 0 radical (unpaired) electrons. The fraction of sp³-hybridized carbons (Fsp3) is 0.643. The van der Waals surface area contributed by atoms with Crippen molar-refractivity contribution in [2.45, 2.75) is 51.5 Å². The Kier molecular flexibility index (Phi) is 4.82. The van der Waals surface area contributed by atoms with Gasteiger partial charge in [0.15, 0.2) is 0 Å². The van der Waals surface area contributed by atoms with Gasteiger partial charge >= 0.3 is 0 Å². The summed E-state index contributed by atoms with van der Waals surface area (Å²) >= 11 is 0. The third-order valence-electron chi connectivity index (χ3n) is 2.68. The van der Waals surface area contributed by atoms with E-state index in [4.69, 9.17) is 0 Å². The lowest BCUT2D eigenvalue weighted by atomic mass is 9.82. The van der Waals surface area contributed by atoms with Crippen LogP contribution < -0.4 is 10.0 Å². The van der Waals surface area contributed by atoms with Gasteiger partial charge in [-0.1, -0.05) is 20.8 Å². The number of pyridine rings is 1. The summed E-state index contributed by atoms with van der Waals surface area (Å²) < 4.78 is 27.6. The van der Waals surface area contributed by atoms with Gasteiger partial charge < -0.3 is 5.32 Å². The minimum atomic E-state index is -3.55. The van der Waals surface area contributed by atoms with Crippen LogP contribution in [0.1, 0.15) is 41.0 Å². The van der Waals surface area contributed by atoms with E-state index in [9.17, 15) is 8.42 Å². The lowest BCUT2D eigenvalue weighted by Crippen LogP contribution is -2.45. The van der Waals surface area contributed by atoms with Crippen molar-refractivity contribution in [2.75, 3.05) is 12.4 Å². The molecule has 0 fully saturated rings. The Bertz CT molecular complexity index is 560. The first kappa shape index (κ1) is 16.9. The summed E-state index contributed by atoms with van der Waals surface area (Å²) in [6.45, 7) is 10.1. The molecule has 0 saturated carbocycles. The molecule has 6 heteroatoms. The average molecular weight is 299 g/mol. The van der Waals surface area contributed by atoms with Gasteiger partial charge in [-0.25, -0.2) is 18.1 Å². The Morgan fingerprint density at radius 2 is 1.80 bits per heavy atom. The van der Waals surface area contributed by atoms with Crippen LogP contribution in [-0.4, -0.2) is 26.0 Å². The first-order chi connectivity index (χ1) is 8.95. The average Bonchev–Trinajstić information content (AvgIpc) is 2.24. The van der Waals surface area contributed by atoms with E-state index in [0.717, 1.165) is 6.42 Å². The van der Waals surface area contributed by atoms with Crippen molar-refractivity contribution < 1.29 is 8.42 Å². The first-order valence-corrected chi connectivity index (χ1v) is 8.11. The molecule has 5 nitrogen and oxygen atoms in total. The molecule has 0 aliphatic heterocycles. The van der Waals surface area contributed by atoms with E-state index in [1.165, 1.54) is 18.3 Å². The molecule has 0 amide bonds. The Hall–Kier alpha value is -1.14. The third kappa shape index (κ3) is 5.09. The minimum absolute atomic E-state index is 0.0421. The van der Waals surface area contributed by atoms with E-state index in [1.54, 1.807) is 7.05 Å². The van der Waals surface area contributed by atoms with E-state index in [2.05, 4.69) is 35.8 Å². The van der Waals surface area contributed by atoms with E-state index < -0.39 is 15.6 Å². The van der Waals surface area contributed by atoms with Gasteiger partial charge in [0.2, 0.25) is 10.0 Å². The van der Waals surface area contributed by atoms with Crippen LogP contribution >= 0.6 is 0 Å². The van der Waals surface area contributed by atoms with Gasteiger partial charge in [-0.15, -0.1) is 0 Å². The van der Waals surface area contributed by atoms with Gasteiger partial charge in [-0.05, 0) is 31.7 Å². The van der Waals surface area contributed by atoms with Gasteiger partial charge in [-0.3, -0.25) is 0 Å². The molecule has 1 heterocycles. The fourth-order valence-corrected chi connectivity index (χ4v) is 3.92. The molecule has 0 spiro atoms. The van der Waals surface area contributed by atoms with Crippen molar-refractivity contribution >= 4 is 15.8 Å². The van der Waals surface area contributed by atoms with E-state index in [0.29, 0.717) is 5.82 Å². The van der Waals surface area contributed by atoms with Crippen LogP contribution in [0.2, 0.25) is 0 Å². The third-order valence-corrected chi connectivity index (χ3v) is 4.38. The van der Waals surface area contributed by atoms with Crippen molar-refractivity contribution in [2.24, 2.45) is 5.41 Å². The molecule has 1 aromatic heterocycles. The number of sulfonamides is 1. The number of nitrogens with zero attached hydrogens (tertiary/aromatic N) is 1. The predicted octanol–water partition coefficient (Wildman–Crippen LogP) is 2.62. The largest absolute Gasteiger partial charge is 0.373 e. The second-order valence-electron chi connectivity index (χ2n) is 6.85. The van der Waals surface area contributed by atoms with Gasteiger partial charge in [0.05, 0.1) is 4.90 Å². The molecule has 0 atom stereocenters. The number of nitrogens with one attached hydrogen (secondary N) is 2. The summed E-state index contributed by atoms with van der Waals surface area (Å²) in [5.41, 5.74) is -0.472. The zero-order chi connectivity index (χ0) is 15.6. The van der Waals surface area contributed by atoms with Crippen LogP contribution in [0.3, 0.4) is 0 Å². The standard InChI is InChI=1S/C14H25N3O2S/c1-13(2,3)10-14(4,5)17-20(18,19)11-7-8-16-12(9-11)15-6/h7-9,17H,10H2,1-6H3,(H,15,16). The van der Waals surface area contributed by atoms with Crippen LogP contribution in [0.4, 0.5) is 5.82 Å². The zero-order valence-electron chi connectivity index (χ0n) is 13.1. The monoisotopic (exact) mass is 299 g/mol. The molecule has 0 unspecified atom stereocenters. The normalized spacial score (nSPS) is 13.3. The zero-order valence-corrected chi connectivity index (χ0v) is 13.9. The van der Waals surface area contributed by atoms with E-state index in [1.807, 2.05) is 13.8 Å². The summed E-state index contributed by atoms with van der Waals surface area (Å²) in [5.74, 6) is 0.529. The molecule has 0 bridgehead atoms. The highest BCUT2D eigenvalue weighted by atomic mass is 32.2. The number of hydrogen-bond donors (Lipinski definition) is 2. The number of rotatable bonds is 5.